The molecule has 2 heterocycles. The number of ether oxygens (including phenoxy) is 3. The highest BCUT2D eigenvalue weighted by molar-refractivity contribution is 6.03. The number of phenolic OH excluding ortho intramolecular Hbond substituents is 4. The topological polar surface area (TPSA) is 207 Å². The SMILES string of the molecule is O=C1CC(c2ccc(O)c(O)c2)Oc2c(OC3OC(CO)C(O)C(O)C3O)c(O)cc(O)c21. The lowest BCUT2D eigenvalue weighted by molar-refractivity contribution is -0.277. The van der Waals surface area contributed by atoms with Crippen molar-refractivity contribution in [3.8, 4) is 34.5 Å². The van der Waals surface area contributed by atoms with Gasteiger partial charge >= 0.3 is 0 Å². The molecule has 2 aromatic carbocycles. The van der Waals surface area contributed by atoms with Crippen molar-refractivity contribution in [2.45, 2.75) is 43.2 Å². The molecule has 2 aliphatic heterocycles. The number of hydrogen-bond donors (Lipinski definition) is 8. The molecule has 0 amide bonds. The first-order valence-corrected chi connectivity index (χ1v) is 9.90. The van der Waals surface area contributed by atoms with E-state index in [0.717, 1.165) is 6.07 Å². The molecule has 8 N–H and O–H groups in total. The summed E-state index contributed by atoms with van der Waals surface area (Å²) in [6.07, 6.45) is -9.46. The number of carbonyl (C=O) groups is 1. The molecule has 0 bridgehead atoms. The van der Waals surface area contributed by atoms with Crippen LogP contribution in [0.25, 0.3) is 0 Å². The van der Waals surface area contributed by atoms with Gasteiger partial charge in [-0.05, 0) is 17.7 Å². The Bertz CT molecular complexity index is 1070. The van der Waals surface area contributed by atoms with Gasteiger partial charge in [0, 0.05) is 6.07 Å². The van der Waals surface area contributed by atoms with Gasteiger partial charge in [0.05, 0.1) is 13.0 Å². The fraction of sp³-hybridized carbons (Fsp3) is 0.381. The molecule has 2 aliphatic rings. The maximum absolute atomic E-state index is 12.8. The van der Waals surface area contributed by atoms with Crippen LogP contribution in [0.5, 0.6) is 34.5 Å². The van der Waals surface area contributed by atoms with Crippen LogP contribution >= 0.6 is 0 Å². The second-order valence-electron chi connectivity index (χ2n) is 7.75. The first-order chi connectivity index (χ1) is 15.6. The lowest BCUT2D eigenvalue weighted by Crippen LogP contribution is -2.60. The lowest BCUT2D eigenvalue weighted by Gasteiger charge is -2.40. The van der Waals surface area contributed by atoms with Gasteiger partial charge in [0.15, 0.2) is 28.8 Å². The summed E-state index contributed by atoms with van der Waals surface area (Å²) < 4.78 is 16.6. The summed E-state index contributed by atoms with van der Waals surface area (Å²) in [5, 5.41) is 79.4. The molecule has 0 aromatic heterocycles. The smallest absolute Gasteiger partial charge is 0.229 e. The van der Waals surface area contributed by atoms with E-state index in [1.54, 1.807) is 0 Å². The molecular formula is C21H22O12. The van der Waals surface area contributed by atoms with Crippen LogP contribution in [-0.4, -0.2) is 83.9 Å². The number of hydrogen-bond acceptors (Lipinski definition) is 12. The van der Waals surface area contributed by atoms with E-state index in [0.29, 0.717) is 5.56 Å². The fourth-order valence-electron chi connectivity index (χ4n) is 3.77. The van der Waals surface area contributed by atoms with Crippen molar-refractivity contribution in [1.29, 1.82) is 0 Å². The molecule has 6 unspecified atom stereocenters. The van der Waals surface area contributed by atoms with Crippen molar-refractivity contribution >= 4 is 5.78 Å². The zero-order valence-electron chi connectivity index (χ0n) is 16.9. The van der Waals surface area contributed by atoms with E-state index in [2.05, 4.69) is 0 Å². The summed E-state index contributed by atoms with van der Waals surface area (Å²) in [5.41, 5.74) is -0.0161. The van der Waals surface area contributed by atoms with Crippen molar-refractivity contribution in [3.05, 3.63) is 35.4 Å². The number of aromatic hydroxyl groups is 4. The Labute approximate surface area is 186 Å². The van der Waals surface area contributed by atoms with Crippen LogP contribution in [-0.2, 0) is 4.74 Å². The summed E-state index contributed by atoms with van der Waals surface area (Å²) in [6.45, 7) is -0.716. The van der Waals surface area contributed by atoms with E-state index in [1.807, 2.05) is 0 Å². The third-order valence-corrected chi connectivity index (χ3v) is 5.56. The number of fused-ring (bicyclic) bond motifs is 1. The molecule has 178 valence electrons. The lowest BCUT2D eigenvalue weighted by atomic mass is 9.94. The second kappa shape index (κ2) is 8.57. The van der Waals surface area contributed by atoms with Crippen molar-refractivity contribution in [2.24, 2.45) is 0 Å². The normalized spacial score (nSPS) is 29.3. The predicted octanol–water partition coefficient (Wildman–Crippen LogP) is -0.606. The van der Waals surface area contributed by atoms with Crippen molar-refractivity contribution < 1.29 is 59.9 Å². The predicted molar refractivity (Wildman–Crippen MR) is 106 cm³/mol. The molecule has 0 saturated carbocycles. The van der Waals surface area contributed by atoms with Gasteiger partial charge in [0.2, 0.25) is 12.0 Å². The zero-order chi connectivity index (χ0) is 24.0. The van der Waals surface area contributed by atoms with Crippen LogP contribution in [0.2, 0.25) is 0 Å². The minimum atomic E-state index is -1.81. The van der Waals surface area contributed by atoms with Gasteiger partial charge in [-0.1, -0.05) is 6.07 Å². The van der Waals surface area contributed by atoms with Crippen molar-refractivity contribution in [1.82, 2.24) is 0 Å². The molecule has 0 radical (unpaired) electrons. The first kappa shape index (κ1) is 22.9. The Kier molecular flexibility index (Phi) is 5.95. The van der Waals surface area contributed by atoms with Gasteiger partial charge in [-0.15, -0.1) is 0 Å². The Hall–Kier alpha value is -3.29. The van der Waals surface area contributed by atoms with E-state index in [4.69, 9.17) is 14.2 Å². The second-order valence-corrected chi connectivity index (χ2v) is 7.75. The van der Waals surface area contributed by atoms with Crippen LogP contribution in [0.15, 0.2) is 24.3 Å². The molecule has 33 heavy (non-hydrogen) atoms. The summed E-state index contributed by atoms with van der Waals surface area (Å²) in [5.74, 6) is -3.61. The molecule has 12 heteroatoms. The highest BCUT2D eigenvalue weighted by atomic mass is 16.7. The molecule has 6 atom stereocenters. The Morgan fingerprint density at radius 1 is 0.909 bits per heavy atom. The number of aliphatic hydroxyl groups excluding tert-OH is 4. The maximum Gasteiger partial charge on any atom is 0.229 e. The summed E-state index contributed by atoms with van der Waals surface area (Å²) in [4.78, 5) is 12.8. The highest BCUT2D eigenvalue weighted by Gasteiger charge is 2.46. The third-order valence-electron chi connectivity index (χ3n) is 5.56. The first-order valence-electron chi connectivity index (χ1n) is 9.90. The number of ketones is 1. The van der Waals surface area contributed by atoms with Crippen molar-refractivity contribution in [3.63, 3.8) is 0 Å². The molecule has 0 aliphatic carbocycles. The quantitative estimate of drug-likeness (QED) is 0.266. The standard InChI is InChI=1S/C21H22O12/c22-6-14-16(28)17(29)18(30)21(32-14)33-19-12(27)4-10(25)15-11(26)5-13(31-20(15)19)7-1-2-8(23)9(24)3-7/h1-4,13-14,16-18,21-25,27-30H,5-6H2. The molecule has 1 saturated heterocycles. The van der Waals surface area contributed by atoms with Gasteiger partial charge in [-0.2, -0.15) is 0 Å². The summed E-state index contributed by atoms with van der Waals surface area (Å²) >= 11 is 0. The van der Waals surface area contributed by atoms with Gasteiger partial charge in [-0.3, -0.25) is 4.79 Å². The summed E-state index contributed by atoms with van der Waals surface area (Å²) in [7, 11) is 0. The maximum atomic E-state index is 12.8. The summed E-state index contributed by atoms with van der Waals surface area (Å²) in [6, 6.07) is 4.60. The number of carbonyl (C=O) groups excluding carboxylic acids is 1. The number of aliphatic hydroxyl groups is 4. The van der Waals surface area contributed by atoms with Crippen molar-refractivity contribution in [2.75, 3.05) is 6.61 Å². The highest BCUT2D eigenvalue weighted by Crippen LogP contribution is 2.50. The number of benzene rings is 2. The monoisotopic (exact) mass is 466 g/mol. The van der Waals surface area contributed by atoms with E-state index in [9.17, 15) is 45.6 Å². The molecule has 1 fully saturated rings. The minimum Gasteiger partial charge on any atom is -0.507 e. The number of rotatable bonds is 4. The van der Waals surface area contributed by atoms with E-state index < -0.39 is 77.9 Å². The molecule has 12 nitrogen and oxygen atoms in total. The fourth-order valence-corrected chi connectivity index (χ4v) is 3.77. The van der Waals surface area contributed by atoms with Gasteiger partial charge in [0.1, 0.15) is 41.8 Å². The largest absolute Gasteiger partial charge is 0.507 e. The Balaban J connectivity index is 1.72. The average molecular weight is 466 g/mol. The molecule has 4 rings (SSSR count). The van der Waals surface area contributed by atoms with Crippen LogP contribution in [0.3, 0.4) is 0 Å². The Morgan fingerprint density at radius 2 is 1.64 bits per heavy atom. The molecular weight excluding hydrogens is 444 g/mol. The molecule has 2 aromatic rings. The van der Waals surface area contributed by atoms with Crippen LogP contribution in [0.1, 0.15) is 28.4 Å². The zero-order valence-corrected chi connectivity index (χ0v) is 16.9. The van der Waals surface area contributed by atoms with Crippen LogP contribution in [0, 0.1) is 0 Å². The van der Waals surface area contributed by atoms with Crippen LogP contribution in [0.4, 0.5) is 0 Å². The average Bonchev–Trinajstić information content (AvgIpc) is 2.77. The van der Waals surface area contributed by atoms with Gasteiger partial charge in [-0.25, -0.2) is 0 Å². The van der Waals surface area contributed by atoms with Crippen LogP contribution < -0.4 is 9.47 Å². The number of phenols is 4. The van der Waals surface area contributed by atoms with E-state index in [-0.39, 0.29) is 17.7 Å². The Morgan fingerprint density at radius 3 is 2.30 bits per heavy atom. The minimum absolute atomic E-state index is 0.255. The third kappa shape index (κ3) is 3.98. The van der Waals surface area contributed by atoms with Gasteiger partial charge < -0.3 is 55.1 Å². The number of Topliss-reactive ketones (excluding diaryl/α,β-unsaturated/α-hetero) is 1. The van der Waals surface area contributed by atoms with E-state index in [1.165, 1.54) is 18.2 Å². The van der Waals surface area contributed by atoms with E-state index >= 15 is 0 Å². The van der Waals surface area contributed by atoms with Gasteiger partial charge in [0.25, 0.3) is 0 Å². The molecule has 0 spiro atoms.